The van der Waals surface area contributed by atoms with Crippen molar-refractivity contribution in [3.05, 3.63) is 35.9 Å². The molecule has 2 N–H and O–H groups in total. The highest BCUT2D eigenvalue weighted by molar-refractivity contribution is 8.00. The van der Waals surface area contributed by atoms with E-state index in [9.17, 15) is 14.4 Å². The summed E-state index contributed by atoms with van der Waals surface area (Å²) < 4.78 is 0. The van der Waals surface area contributed by atoms with Crippen LogP contribution in [0.5, 0.6) is 0 Å². The van der Waals surface area contributed by atoms with E-state index in [2.05, 4.69) is 5.32 Å². The molecule has 1 aromatic rings. The maximum atomic E-state index is 11.8. The molecular formula is C15H17NO4S. The van der Waals surface area contributed by atoms with Crippen molar-refractivity contribution in [2.45, 2.75) is 12.8 Å². The molecular weight excluding hydrogens is 290 g/mol. The molecule has 1 aliphatic rings. The Morgan fingerprint density at radius 2 is 1.81 bits per heavy atom. The number of Topliss-reactive ketones (excluding diaryl/α,β-unsaturated/α-hetero) is 1. The molecule has 0 atom stereocenters. The molecule has 2 rings (SSSR count). The summed E-state index contributed by atoms with van der Waals surface area (Å²) in [5, 5.41) is 11.6. The van der Waals surface area contributed by atoms with Gasteiger partial charge in [0.05, 0.1) is 16.9 Å². The second-order valence-electron chi connectivity index (χ2n) is 5.14. The molecule has 0 unspecified atom stereocenters. The van der Waals surface area contributed by atoms with E-state index in [1.807, 2.05) is 6.07 Å². The molecule has 0 bridgehead atoms. The van der Waals surface area contributed by atoms with Crippen molar-refractivity contribution in [3.8, 4) is 0 Å². The summed E-state index contributed by atoms with van der Waals surface area (Å²) in [5.74, 6) is -0.698. The first-order chi connectivity index (χ1) is 10.0. The van der Waals surface area contributed by atoms with Crippen molar-refractivity contribution in [2.75, 3.05) is 18.1 Å². The van der Waals surface area contributed by atoms with E-state index < -0.39 is 11.4 Å². The molecule has 0 aliphatic heterocycles. The van der Waals surface area contributed by atoms with Gasteiger partial charge in [0.1, 0.15) is 0 Å². The first-order valence-corrected chi connectivity index (χ1v) is 7.85. The monoisotopic (exact) mass is 307 g/mol. The lowest BCUT2D eigenvalue weighted by molar-refractivity contribution is -0.143. The standard InChI is InChI=1S/C15H17NO4S/c17-12(11-4-2-1-3-5-11)8-21-9-13(18)16-10-15(6-7-15)14(19)20/h1-5H,6-10H2,(H,16,18)(H,19,20). The first kappa shape index (κ1) is 15.6. The summed E-state index contributed by atoms with van der Waals surface area (Å²) in [6.45, 7) is 0.175. The van der Waals surface area contributed by atoms with E-state index in [1.165, 1.54) is 11.8 Å². The Hall–Kier alpha value is -1.82. The zero-order chi connectivity index (χ0) is 15.3. The van der Waals surface area contributed by atoms with Gasteiger partial charge in [-0.15, -0.1) is 11.8 Å². The quantitative estimate of drug-likeness (QED) is 0.713. The average molecular weight is 307 g/mol. The van der Waals surface area contributed by atoms with Crippen LogP contribution in [0.2, 0.25) is 0 Å². The largest absolute Gasteiger partial charge is 0.481 e. The van der Waals surface area contributed by atoms with Gasteiger partial charge in [0.2, 0.25) is 5.91 Å². The number of hydrogen-bond acceptors (Lipinski definition) is 4. The maximum absolute atomic E-state index is 11.8. The summed E-state index contributed by atoms with van der Waals surface area (Å²) >= 11 is 1.23. The van der Waals surface area contributed by atoms with Crippen molar-refractivity contribution in [1.82, 2.24) is 5.32 Å². The van der Waals surface area contributed by atoms with Crippen LogP contribution >= 0.6 is 11.8 Å². The predicted octanol–water partition coefficient (Wildman–Crippen LogP) is 1.58. The maximum Gasteiger partial charge on any atom is 0.311 e. The Bertz CT molecular complexity index is 540. The minimum absolute atomic E-state index is 0.0161. The minimum Gasteiger partial charge on any atom is -0.481 e. The lowest BCUT2D eigenvalue weighted by Crippen LogP contribution is -2.35. The van der Waals surface area contributed by atoms with Gasteiger partial charge in [0, 0.05) is 12.1 Å². The normalized spacial score (nSPS) is 15.2. The van der Waals surface area contributed by atoms with E-state index in [1.54, 1.807) is 24.3 Å². The number of aliphatic carboxylic acids is 1. The lowest BCUT2D eigenvalue weighted by atomic mass is 10.1. The van der Waals surface area contributed by atoms with Crippen LogP contribution in [0.25, 0.3) is 0 Å². The van der Waals surface area contributed by atoms with E-state index in [-0.39, 0.29) is 29.7 Å². The summed E-state index contributed by atoms with van der Waals surface area (Å²) in [7, 11) is 0. The number of carboxylic acid groups (broad SMARTS) is 1. The van der Waals surface area contributed by atoms with Gasteiger partial charge in [-0.1, -0.05) is 30.3 Å². The van der Waals surface area contributed by atoms with Gasteiger partial charge in [-0.25, -0.2) is 0 Å². The fourth-order valence-corrected chi connectivity index (χ4v) is 2.62. The molecule has 1 fully saturated rings. The number of nitrogens with one attached hydrogen (secondary N) is 1. The van der Waals surface area contributed by atoms with Gasteiger partial charge in [0.15, 0.2) is 5.78 Å². The second-order valence-corrected chi connectivity index (χ2v) is 6.13. The summed E-state index contributed by atoms with van der Waals surface area (Å²) in [5.41, 5.74) is -0.117. The molecule has 0 radical (unpaired) electrons. The van der Waals surface area contributed by atoms with E-state index in [4.69, 9.17) is 5.11 Å². The molecule has 0 saturated heterocycles. The fourth-order valence-electron chi connectivity index (χ4n) is 1.88. The van der Waals surface area contributed by atoms with Gasteiger partial charge in [-0.2, -0.15) is 0 Å². The van der Waals surface area contributed by atoms with E-state index in [0.29, 0.717) is 18.4 Å². The molecule has 21 heavy (non-hydrogen) atoms. The molecule has 5 nitrogen and oxygen atoms in total. The first-order valence-electron chi connectivity index (χ1n) is 6.70. The number of benzene rings is 1. The molecule has 1 amide bonds. The third kappa shape index (κ3) is 4.32. The Morgan fingerprint density at radius 1 is 1.14 bits per heavy atom. The Labute approximate surface area is 127 Å². The third-order valence-electron chi connectivity index (χ3n) is 3.49. The van der Waals surface area contributed by atoms with Crippen LogP contribution in [0.3, 0.4) is 0 Å². The van der Waals surface area contributed by atoms with Crippen LogP contribution in [0, 0.1) is 5.41 Å². The molecule has 0 heterocycles. The van der Waals surface area contributed by atoms with Crippen molar-refractivity contribution < 1.29 is 19.5 Å². The predicted molar refractivity (Wildman–Crippen MR) is 80.4 cm³/mol. The summed E-state index contributed by atoms with van der Waals surface area (Å²) in [6, 6.07) is 8.92. The lowest BCUT2D eigenvalue weighted by Gasteiger charge is -2.10. The van der Waals surface area contributed by atoms with Crippen LogP contribution in [0.4, 0.5) is 0 Å². The number of thioether (sulfide) groups is 1. The van der Waals surface area contributed by atoms with Gasteiger partial charge in [-0.3, -0.25) is 14.4 Å². The topological polar surface area (TPSA) is 83.5 Å². The Morgan fingerprint density at radius 3 is 2.38 bits per heavy atom. The minimum atomic E-state index is -0.852. The summed E-state index contributed by atoms with van der Waals surface area (Å²) in [4.78, 5) is 34.4. The van der Waals surface area contributed by atoms with Crippen LogP contribution in [0.1, 0.15) is 23.2 Å². The summed E-state index contributed by atoms with van der Waals surface area (Å²) in [6.07, 6.45) is 1.23. The zero-order valence-corrected chi connectivity index (χ0v) is 12.3. The molecule has 0 spiro atoms. The number of carbonyl (C=O) groups is 3. The zero-order valence-electron chi connectivity index (χ0n) is 11.5. The Balaban J connectivity index is 1.66. The highest BCUT2D eigenvalue weighted by Crippen LogP contribution is 2.45. The highest BCUT2D eigenvalue weighted by atomic mass is 32.2. The van der Waals surface area contributed by atoms with Gasteiger partial charge >= 0.3 is 5.97 Å². The number of carbonyl (C=O) groups excluding carboxylic acids is 2. The van der Waals surface area contributed by atoms with E-state index in [0.717, 1.165) is 0 Å². The van der Waals surface area contributed by atoms with Crippen LogP contribution in [-0.2, 0) is 9.59 Å². The van der Waals surface area contributed by atoms with Gasteiger partial charge < -0.3 is 10.4 Å². The number of hydrogen-bond donors (Lipinski definition) is 2. The fraction of sp³-hybridized carbons (Fsp3) is 0.400. The third-order valence-corrected chi connectivity index (χ3v) is 4.43. The number of rotatable bonds is 8. The van der Waals surface area contributed by atoms with Crippen LogP contribution < -0.4 is 5.32 Å². The second kappa shape index (κ2) is 6.76. The van der Waals surface area contributed by atoms with E-state index >= 15 is 0 Å². The van der Waals surface area contributed by atoms with Crippen molar-refractivity contribution >= 4 is 29.4 Å². The number of carboxylic acids is 1. The van der Waals surface area contributed by atoms with Crippen molar-refractivity contribution in [3.63, 3.8) is 0 Å². The molecule has 112 valence electrons. The molecule has 1 aliphatic carbocycles. The SMILES string of the molecule is O=C(CSCC(=O)c1ccccc1)NCC1(C(=O)O)CC1. The molecule has 6 heteroatoms. The molecule has 0 aromatic heterocycles. The average Bonchev–Trinajstić information content (AvgIpc) is 3.27. The number of ketones is 1. The van der Waals surface area contributed by atoms with Crippen LogP contribution in [-0.4, -0.2) is 40.8 Å². The van der Waals surface area contributed by atoms with Crippen LogP contribution in [0.15, 0.2) is 30.3 Å². The smallest absolute Gasteiger partial charge is 0.311 e. The van der Waals surface area contributed by atoms with Gasteiger partial charge in [-0.05, 0) is 12.8 Å². The van der Waals surface area contributed by atoms with Crippen molar-refractivity contribution in [1.29, 1.82) is 0 Å². The highest BCUT2D eigenvalue weighted by Gasteiger charge is 2.50. The Kier molecular flexibility index (Phi) is 5.01. The molecule has 1 saturated carbocycles. The number of amides is 1. The van der Waals surface area contributed by atoms with Gasteiger partial charge in [0.25, 0.3) is 0 Å². The van der Waals surface area contributed by atoms with Crippen molar-refractivity contribution in [2.24, 2.45) is 5.41 Å². The molecule has 1 aromatic carbocycles.